The molecule has 0 saturated carbocycles. The molecule has 2 saturated heterocycles. The van der Waals surface area contributed by atoms with Crippen LogP contribution in [0.3, 0.4) is 0 Å². The third kappa shape index (κ3) is 2.58. The number of hydrogen-bond acceptors (Lipinski definition) is 4. The summed E-state index contributed by atoms with van der Waals surface area (Å²) in [5, 5.41) is 9.83. The largest absolute Gasteiger partial charge is 0.381 e. The molecule has 1 atom stereocenters. The van der Waals surface area contributed by atoms with Gasteiger partial charge in [-0.05, 0) is 12.8 Å². The summed E-state index contributed by atoms with van der Waals surface area (Å²) in [4.78, 5) is 14.4. The molecule has 0 radical (unpaired) electrons. The van der Waals surface area contributed by atoms with E-state index in [9.17, 15) is 10.1 Å². The molecule has 0 aliphatic carbocycles. The first-order valence-electron chi connectivity index (χ1n) is 6.08. The first-order chi connectivity index (χ1) is 8.18. The van der Waals surface area contributed by atoms with Gasteiger partial charge < -0.3 is 9.64 Å². The van der Waals surface area contributed by atoms with Gasteiger partial charge in [-0.2, -0.15) is 17.0 Å². The maximum absolute atomic E-state index is 12.5. The van der Waals surface area contributed by atoms with Crippen molar-refractivity contribution in [1.29, 1.82) is 5.26 Å². The topological polar surface area (TPSA) is 53.3 Å². The molecule has 2 fully saturated rings. The van der Waals surface area contributed by atoms with Crippen molar-refractivity contribution in [2.24, 2.45) is 5.41 Å². The number of thioether (sulfide) groups is 1. The van der Waals surface area contributed by atoms with Crippen LogP contribution in [-0.4, -0.2) is 48.1 Å². The highest BCUT2D eigenvalue weighted by Gasteiger charge is 2.43. The van der Waals surface area contributed by atoms with Crippen molar-refractivity contribution in [2.75, 3.05) is 32.1 Å². The summed E-state index contributed by atoms with van der Waals surface area (Å²) in [6.07, 6.45) is 1.08. The third-order valence-corrected chi connectivity index (χ3v) is 4.63. The molecule has 1 unspecified atom stereocenters. The van der Waals surface area contributed by atoms with Gasteiger partial charge in [0.25, 0.3) is 0 Å². The first kappa shape index (κ1) is 12.7. The fourth-order valence-corrected chi connectivity index (χ4v) is 3.41. The second kappa shape index (κ2) is 5.28. The highest BCUT2D eigenvalue weighted by Crippen LogP contribution is 2.33. The van der Waals surface area contributed by atoms with Crippen LogP contribution in [0.1, 0.15) is 19.8 Å². The Hall–Kier alpha value is -0.730. The summed E-state index contributed by atoms with van der Waals surface area (Å²) in [6, 6.07) is 2.25. The Morgan fingerprint density at radius 3 is 2.82 bits per heavy atom. The Bertz CT molecular complexity index is 334. The van der Waals surface area contributed by atoms with Crippen molar-refractivity contribution in [3.8, 4) is 6.07 Å². The molecule has 1 amide bonds. The lowest BCUT2D eigenvalue weighted by Crippen LogP contribution is -2.50. The second-order valence-electron chi connectivity index (χ2n) is 4.74. The fourth-order valence-electron chi connectivity index (χ4n) is 2.40. The summed E-state index contributed by atoms with van der Waals surface area (Å²) >= 11 is 1.89. The monoisotopic (exact) mass is 254 g/mol. The maximum Gasteiger partial charge on any atom is 0.243 e. The third-order valence-electron chi connectivity index (χ3n) is 3.50. The smallest absolute Gasteiger partial charge is 0.243 e. The van der Waals surface area contributed by atoms with Gasteiger partial charge in [-0.3, -0.25) is 4.79 Å². The molecule has 2 aliphatic heterocycles. The van der Waals surface area contributed by atoms with E-state index >= 15 is 0 Å². The summed E-state index contributed by atoms with van der Waals surface area (Å²) in [6.45, 7) is 4.73. The van der Waals surface area contributed by atoms with Crippen molar-refractivity contribution in [2.45, 2.75) is 25.0 Å². The number of nitriles is 1. The van der Waals surface area contributed by atoms with E-state index in [1.54, 1.807) is 0 Å². The van der Waals surface area contributed by atoms with Crippen LogP contribution < -0.4 is 0 Å². The number of rotatable bonds is 1. The van der Waals surface area contributed by atoms with Crippen molar-refractivity contribution < 1.29 is 9.53 Å². The van der Waals surface area contributed by atoms with Gasteiger partial charge in [0.15, 0.2) is 0 Å². The molecule has 0 aromatic rings. The number of nitrogens with zero attached hydrogens (tertiary/aromatic N) is 2. The van der Waals surface area contributed by atoms with E-state index in [1.165, 1.54) is 0 Å². The lowest BCUT2D eigenvalue weighted by Gasteiger charge is -2.38. The molecule has 0 aromatic heterocycles. The van der Waals surface area contributed by atoms with Gasteiger partial charge in [0.1, 0.15) is 5.41 Å². The molecule has 17 heavy (non-hydrogen) atoms. The standard InChI is InChI=1S/C12H18N2O2S/c1-10-8-14(4-7-17-10)11(15)12(9-13)2-5-16-6-3-12/h10H,2-8H2,1H3. The molecule has 0 N–H and O–H groups in total. The van der Waals surface area contributed by atoms with Crippen LogP contribution in [0.5, 0.6) is 0 Å². The van der Waals surface area contributed by atoms with E-state index in [0.29, 0.717) is 31.3 Å². The number of amides is 1. The molecule has 0 spiro atoms. The van der Waals surface area contributed by atoms with Gasteiger partial charge in [0, 0.05) is 37.3 Å². The molecule has 2 rings (SSSR count). The Kier molecular flexibility index (Phi) is 3.95. The van der Waals surface area contributed by atoms with Gasteiger partial charge in [-0.15, -0.1) is 0 Å². The Morgan fingerprint density at radius 2 is 2.24 bits per heavy atom. The number of ether oxygens (including phenoxy) is 1. The molecule has 4 nitrogen and oxygen atoms in total. The zero-order valence-corrected chi connectivity index (χ0v) is 11.0. The molecule has 2 aliphatic rings. The minimum atomic E-state index is -0.819. The van der Waals surface area contributed by atoms with Crippen LogP contribution in [0.4, 0.5) is 0 Å². The van der Waals surface area contributed by atoms with Crippen LogP contribution in [-0.2, 0) is 9.53 Å². The Morgan fingerprint density at radius 1 is 1.53 bits per heavy atom. The van der Waals surface area contributed by atoms with E-state index in [1.807, 2.05) is 16.7 Å². The average molecular weight is 254 g/mol. The predicted molar refractivity (Wildman–Crippen MR) is 66.6 cm³/mol. The van der Waals surface area contributed by atoms with Crippen molar-refractivity contribution in [1.82, 2.24) is 4.90 Å². The summed E-state index contributed by atoms with van der Waals surface area (Å²) < 4.78 is 5.26. The van der Waals surface area contributed by atoms with Crippen LogP contribution in [0.2, 0.25) is 0 Å². The second-order valence-corrected chi connectivity index (χ2v) is 6.29. The average Bonchev–Trinajstić information content (AvgIpc) is 2.38. The number of carbonyl (C=O) groups excluding carboxylic acids is 1. The molecular weight excluding hydrogens is 236 g/mol. The highest BCUT2D eigenvalue weighted by molar-refractivity contribution is 7.99. The lowest BCUT2D eigenvalue weighted by molar-refractivity contribution is -0.143. The van der Waals surface area contributed by atoms with Gasteiger partial charge in [-0.25, -0.2) is 0 Å². The zero-order valence-electron chi connectivity index (χ0n) is 10.1. The van der Waals surface area contributed by atoms with Crippen molar-refractivity contribution in [3.05, 3.63) is 0 Å². The summed E-state index contributed by atoms with van der Waals surface area (Å²) in [7, 11) is 0. The normalized spacial score (nSPS) is 28.5. The van der Waals surface area contributed by atoms with E-state index in [0.717, 1.165) is 18.8 Å². The van der Waals surface area contributed by atoms with Crippen molar-refractivity contribution >= 4 is 17.7 Å². The van der Waals surface area contributed by atoms with Gasteiger partial charge >= 0.3 is 0 Å². The number of hydrogen-bond donors (Lipinski definition) is 0. The predicted octanol–water partition coefficient (Wildman–Crippen LogP) is 1.27. The molecule has 94 valence electrons. The lowest BCUT2D eigenvalue weighted by atomic mass is 9.80. The summed E-state index contributed by atoms with van der Waals surface area (Å²) in [5.41, 5.74) is -0.819. The van der Waals surface area contributed by atoms with Gasteiger partial charge in [0.2, 0.25) is 5.91 Å². The highest BCUT2D eigenvalue weighted by atomic mass is 32.2. The first-order valence-corrected chi connectivity index (χ1v) is 7.13. The quantitative estimate of drug-likeness (QED) is 0.707. The molecule has 2 heterocycles. The minimum Gasteiger partial charge on any atom is -0.381 e. The van der Waals surface area contributed by atoms with E-state index < -0.39 is 5.41 Å². The Labute approximate surface area is 106 Å². The maximum atomic E-state index is 12.5. The molecular formula is C12H18N2O2S. The Balaban J connectivity index is 2.09. The van der Waals surface area contributed by atoms with Crippen LogP contribution in [0.25, 0.3) is 0 Å². The molecule has 0 bridgehead atoms. The molecule has 0 aromatic carbocycles. The fraction of sp³-hybridized carbons (Fsp3) is 0.833. The van der Waals surface area contributed by atoms with Crippen LogP contribution in [0.15, 0.2) is 0 Å². The van der Waals surface area contributed by atoms with E-state index in [2.05, 4.69) is 13.0 Å². The van der Waals surface area contributed by atoms with E-state index in [-0.39, 0.29) is 5.91 Å². The summed E-state index contributed by atoms with van der Waals surface area (Å²) in [5.74, 6) is 1.00. The van der Waals surface area contributed by atoms with Gasteiger partial charge in [0.05, 0.1) is 6.07 Å². The van der Waals surface area contributed by atoms with Crippen LogP contribution in [0, 0.1) is 16.7 Å². The van der Waals surface area contributed by atoms with Crippen molar-refractivity contribution in [3.63, 3.8) is 0 Å². The minimum absolute atomic E-state index is 0.0236. The number of carbonyl (C=O) groups is 1. The zero-order chi connectivity index (χ0) is 12.3. The van der Waals surface area contributed by atoms with E-state index in [4.69, 9.17) is 4.74 Å². The molecule has 5 heteroatoms. The van der Waals surface area contributed by atoms with Crippen LogP contribution >= 0.6 is 11.8 Å². The van der Waals surface area contributed by atoms with Gasteiger partial charge in [-0.1, -0.05) is 6.92 Å². The SMILES string of the molecule is CC1CN(C(=O)C2(C#N)CCOCC2)CCS1.